The van der Waals surface area contributed by atoms with Crippen molar-refractivity contribution >= 4 is 35.1 Å². The molecular weight excluding hydrogens is 508 g/mol. The van der Waals surface area contributed by atoms with Crippen LogP contribution in [0.25, 0.3) is 11.1 Å². The van der Waals surface area contributed by atoms with Crippen molar-refractivity contribution in [2.75, 3.05) is 20.4 Å². The third kappa shape index (κ3) is 9.12. The molecule has 0 aliphatic carbocycles. The lowest BCUT2D eigenvalue weighted by molar-refractivity contribution is -0.141. The number of carboxylic acid groups (broad SMARTS) is 1. The van der Waals surface area contributed by atoms with Crippen molar-refractivity contribution in [2.24, 2.45) is 5.92 Å². The first-order chi connectivity index (χ1) is 16.7. The molecule has 6 nitrogen and oxygen atoms in total. The number of benzene rings is 2. The summed E-state index contributed by atoms with van der Waals surface area (Å²) in [4.78, 5) is 24.3. The highest BCUT2D eigenvalue weighted by Gasteiger charge is 2.25. The molecule has 0 aromatic heterocycles. The number of carbonyl (C=O) groups is 2. The molecule has 0 heterocycles. The number of nitrogens with one attached hydrogen (secondary N) is 1. The number of alkyl halides is 1. The zero-order valence-corrected chi connectivity index (χ0v) is 21.5. The largest absolute Gasteiger partial charge is 0.496 e. The van der Waals surface area contributed by atoms with Crippen molar-refractivity contribution in [1.29, 1.82) is 0 Å². The van der Waals surface area contributed by atoms with Crippen molar-refractivity contribution in [3.05, 3.63) is 63.7 Å². The summed E-state index contributed by atoms with van der Waals surface area (Å²) < 4.78 is 23.0. The number of carboxylic acids is 1. The van der Waals surface area contributed by atoms with E-state index < -0.39 is 24.6 Å². The van der Waals surface area contributed by atoms with Crippen LogP contribution in [0.15, 0.2) is 52.5 Å². The Hall–Kier alpha value is -2.61. The molecule has 2 aromatic rings. The number of methoxy groups -OCH3 is 1. The van der Waals surface area contributed by atoms with Gasteiger partial charge in [0.25, 0.3) is 5.91 Å². The number of rotatable bonds is 13. The van der Waals surface area contributed by atoms with E-state index in [0.29, 0.717) is 25.4 Å². The molecule has 198 valence electrons. The van der Waals surface area contributed by atoms with E-state index in [4.69, 9.17) is 32.7 Å². The number of carbonyl (C=O) groups excluding carboxylic acids is 1. The molecule has 36 heavy (non-hydrogen) atoms. The predicted molar refractivity (Wildman–Crippen MR) is 142 cm³/mol. The number of hydrogen-bond acceptors (Lipinski definition) is 4. The van der Waals surface area contributed by atoms with Gasteiger partial charge >= 0.3 is 5.97 Å². The summed E-state index contributed by atoms with van der Waals surface area (Å²) in [6.45, 7) is 3.80. The number of halogens is 3. The maximum atomic E-state index is 12.5. The van der Waals surface area contributed by atoms with E-state index in [1.54, 1.807) is 33.1 Å². The van der Waals surface area contributed by atoms with Crippen LogP contribution < -0.4 is 10.1 Å². The Bertz CT molecular complexity index is 1040. The molecule has 1 amide bonds. The van der Waals surface area contributed by atoms with Crippen molar-refractivity contribution in [3.8, 4) is 16.9 Å². The Kier molecular flexibility index (Phi) is 13.5. The molecule has 1 atom stereocenters. The molecule has 9 heteroatoms. The Morgan fingerprint density at radius 1 is 1.08 bits per heavy atom. The second-order valence-electron chi connectivity index (χ2n) is 8.22. The summed E-state index contributed by atoms with van der Waals surface area (Å²) in [6, 6.07) is 11.9. The van der Waals surface area contributed by atoms with Gasteiger partial charge in [-0.3, -0.25) is 9.18 Å². The van der Waals surface area contributed by atoms with Gasteiger partial charge in [0.1, 0.15) is 16.3 Å². The smallest absolute Gasteiger partial charge is 0.326 e. The van der Waals surface area contributed by atoms with Crippen molar-refractivity contribution in [1.82, 2.24) is 5.32 Å². The van der Waals surface area contributed by atoms with Gasteiger partial charge in [0.05, 0.1) is 20.4 Å². The second-order valence-corrected chi connectivity index (χ2v) is 9.17. The standard InChI is InChI=1S/C26H30Cl2FNO5.CH4/c1-16(2)23(24(27)28)25(31)30-21(26(32)33)13-17-5-8-19(9-6-17)20-10-7-18(14-22(20)34-3)15-35-12-4-11-29;/h5-10,14,16,21H,4,11-13,15H2,1-3H3,(H,30,31)(H,32,33);1H4. The van der Waals surface area contributed by atoms with E-state index in [1.165, 1.54) is 0 Å². The van der Waals surface area contributed by atoms with Crippen LogP contribution in [0.3, 0.4) is 0 Å². The van der Waals surface area contributed by atoms with Crippen LogP contribution in [0.4, 0.5) is 4.39 Å². The van der Waals surface area contributed by atoms with Crippen LogP contribution >= 0.6 is 23.2 Å². The van der Waals surface area contributed by atoms with Gasteiger partial charge in [0.15, 0.2) is 0 Å². The van der Waals surface area contributed by atoms with Crippen LogP contribution in [0, 0.1) is 5.92 Å². The summed E-state index contributed by atoms with van der Waals surface area (Å²) in [6.07, 6.45) is 0.447. The van der Waals surface area contributed by atoms with Gasteiger partial charge in [-0.25, -0.2) is 4.79 Å². The maximum Gasteiger partial charge on any atom is 0.326 e. The van der Waals surface area contributed by atoms with Gasteiger partial charge in [-0.2, -0.15) is 0 Å². The molecule has 0 saturated heterocycles. The first-order valence-corrected chi connectivity index (χ1v) is 11.9. The zero-order chi connectivity index (χ0) is 26.0. The fourth-order valence-electron chi connectivity index (χ4n) is 3.47. The van der Waals surface area contributed by atoms with E-state index in [1.807, 2.05) is 30.3 Å². The van der Waals surface area contributed by atoms with Gasteiger partial charge in [-0.1, -0.05) is 80.9 Å². The van der Waals surface area contributed by atoms with Crippen LogP contribution in [-0.2, 0) is 27.4 Å². The second kappa shape index (κ2) is 15.5. The highest BCUT2D eigenvalue weighted by molar-refractivity contribution is 6.57. The Morgan fingerprint density at radius 3 is 2.25 bits per heavy atom. The topological polar surface area (TPSA) is 84.9 Å². The van der Waals surface area contributed by atoms with Gasteiger partial charge in [0.2, 0.25) is 0 Å². The number of amides is 1. The quantitative estimate of drug-likeness (QED) is 0.228. The fraction of sp³-hybridized carbons (Fsp3) is 0.407. The molecule has 0 saturated carbocycles. The average molecular weight is 542 g/mol. The van der Waals surface area contributed by atoms with Crippen molar-refractivity contribution in [3.63, 3.8) is 0 Å². The summed E-state index contributed by atoms with van der Waals surface area (Å²) in [5.41, 5.74) is 3.51. The highest BCUT2D eigenvalue weighted by Crippen LogP contribution is 2.31. The molecule has 0 bridgehead atoms. The van der Waals surface area contributed by atoms with Crippen molar-refractivity contribution in [2.45, 2.75) is 46.8 Å². The Labute approximate surface area is 222 Å². The van der Waals surface area contributed by atoms with Crippen LogP contribution in [0.5, 0.6) is 5.75 Å². The predicted octanol–water partition coefficient (Wildman–Crippen LogP) is 6.33. The van der Waals surface area contributed by atoms with Gasteiger partial charge in [-0.05, 0) is 35.1 Å². The van der Waals surface area contributed by atoms with Gasteiger partial charge in [-0.15, -0.1) is 0 Å². The molecule has 0 aliphatic rings. The highest BCUT2D eigenvalue weighted by atomic mass is 35.5. The number of aliphatic carboxylic acids is 1. The van der Waals surface area contributed by atoms with Crippen molar-refractivity contribution < 1.29 is 28.6 Å². The third-order valence-corrected chi connectivity index (χ3v) is 5.70. The van der Waals surface area contributed by atoms with E-state index in [0.717, 1.165) is 22.3 Å². The number of hydrogen-bond donors (Lipinski definition) is 2. The minimum Gasteiger partial charge on any atom is -0.496 e. The lowest BCUT2D eigenvalue weighted by atomic mass is 9.98. The van der Waals surface area contributed by atoms with E-state index in [2.05, 4.69) is 5.32 Å². The molecule has 0 fully saturated rings. The molecule has 2 aromatic carbocycles. The number of ether oxygens (including phenoxy) is 2. The Balaban J connectivity index is 0.00000648. The van der Waals surface area contributed by atoms with E-state index >= 15 is 0 Å². The summed E-state index contributed by atoms with van der Waals surface area (Å²) in [5, 5.41) is 12.1. The first kappa shape index (κ1) is 31.4. The molecule has 2 N–H and O–H groups in total. The van der Waals surface area contributed by atoms with Crippen LogP contribution in [0.2, 0.25) is 0 Å². The average Bonchev–Trinajstić information content (AvgIpc) is 2.81. The monoisotopic (exact) mass is 541 g/mol. The first-order valence-electron chi connectivity index (χ1n) is 11.2. The lowest BCUT2D eigenvalue weighted by Gasteiger charge is -2.18. The molecule has 1 unspecified atom stereocenters. The molecule has 0 aliphatic heterocycles. The zero-order valence-electron chi connectivity index (χ0n) is 19.9. The van der Waals surface area contributed by atoms with Gasteiger partial charge < -0.3 is 19.9 Å². The minimum atomic E-state index is -1.16. The SMILES string of the molecule is C.COc1cc(COCCCF)ccc1-c1ccc(CC(NC(=O)C(=C(Cl)Cl)C(C)C)C(=O)O)cc1. The summed E-state index contributed by atoms with van der Waals surface area (Å²) in [5.74, 6) is -1.38. The third-order valence-electron chi connectivity index (χ3n) is 5.29. The molecule has 0 radical (unpaired) electrons. The molecule has 2 rings (SSSR count). The lowest BCUT2D eigenvalue weighted by Crippen LogP contribution is -2.43. The van der Waals surface area contributed by atoms with E-state index in [9.17, 15) is 19.1 Å². The Morgan fingerprint density at radius 2 is 1.72 bits per heavy atom. The maximum absolute atomic E-state index is 12.5. The fourth-order valence-corrected chi connectivity index (χ4v) is 4.08. The molecule has 0 spiro atoms. The van der Waals surface area contributed by atoms with Crippen LogP contribution in [0.1, 0.15) is 38.8 Å². The van der Waals surface area contributed by atoms with Gasteiger partial charge in [0, 0.05) is 24.2 Å². The molecular formula is C27H34Cl2FNO5. The normalized spacial score (nSPS) is 11.4. The van der Waals surface area contributed by atoms with Crippen LogP contribution in [-0.4, -0.2) is 43.4 Å². The minimum absolute atomic E-state index is 0. The summed E-state index contributed by atoms with van der Waals surface area (Å²) in [7, 11) is 1.58. The van der Waals surface area contributed by atoms with E-state index in [-0.39, 0.29) is 29.8 Å². The summed E-state index contributed by atoms with van der Waals surface area (Å²) >= 11 is 11.6.